The molecule has 1 unspecified atom stereocenters. The van der Waals surface area contributed by atoms with Crippen molar-refractivity contribution in [2.75, 3.05) is 19.8 Å². The number of hydrogen-bond donors (Lipinski definition) is 0. The Morgan fingerprint density at radius 3 is 2.50 bits per heavy atom. The second-order valence-corrected chi connectivity index (χ2v) is 4.81. The largest absolute Gasteiger partial charge is 0.381 e. The molecule has 0 bridgehead atoms. The van der Waals surface area contributed by atoms with Crippen molar-refractivity contribution in [1.29, 1.82) is 0 Å². The number of carbonyl (C=O) groups excluding carboxylic acids is 1. The van der Waals surface area contributed by atoms with Gasteiger partial charge in [0.05, 0.1) is 12.5 Å². The summed E-state index contributed by atoms with van der Waals surface area (Å²) in [5.41, 5.74) is -0.0750. The molecule has 0 saturated carbocycles. The fraction of sp³-hybridized carbons (Fsp3) is 0.909. The highest BCUT2D eigenvalue weighted by Gasteiger charge is 2.32. The predicted octanol–water partition coefficient (Wildman–Crippen LogP) is 1.67. The van der Waals surface area contributed by atoms with Gasteiger partial charge < -0.3 is 9.64 Å². The Kier molecular flexibility index (Phi) is 3.53. The highest BCUT2D eigenvalue weighted by molar-refractivity contribution is 5.79. The molecule has 1 atom stereocenters. The van der Waals surface area contributed by atoms with Crippen molar-refractivity contribution < 1.29 is 9.53 Å². The summed E-state index contributed by atoms with van der Waals surface area (Å²) in [6, 6.07) is 0. The molecule has 0 aromatic heterocycles. The van der Waals surface area contributed by atoms with Crippen LogP contribution in [0.3, 0.4) is 0 Å². The normalized spacial score (nSPS) is 22.4. The lowest BCUT2D eigenvalue weighted by Gasteiger charge is -2.36. The van der Waals surface area contributed by atoms with E-state index in [1.54, 1.807) is 0 Å². The van der Waals surface area contributed by atoms with Crippen LogP contribution in [0.15, 0.2) is 0 Å². The van der Waals surface area contributed by atoms with Crippen LogP contribution in [0.5, 0.6) is 0 Å². The molecule has 0 spiro atoms. The van der Waals surface area contributed by atoms with Crippen LogP contribution in [0, 0.1) is 5.92 Å². The van der Waals surface area contributed by atoms with E-state index in [2.05, 4.69) is 20.8 Å². The molecule has 1 heterocycles. The van der Waals surface area contributed by atoms with Gasteiger partial charge in [-0.3, -0.25) is 4.79 Å². The summed E-state index contributed by atoms with van der Waals surface area (Å²) < 4.78 is 5.24. The van der Waals surface area contributed by atoms with Crippen molar-refractivity contribution in [3.63, 3.8) is 0 Å². The van der Waals surface area contributed by atoms with Crippen molar-refractivity contribution in [2.45, 2.75) is 39.7 Å². The van der Waals surface area contributed by atoms with E-state index in [1.807, 2.05) is 11.8 Å². The Hall–Kier alpha value is -0.570. The molecule has 0 aliphatic carbocycles. The summed E-state index contributed by atoms with van der Waals surface area (Å²) in [7, 11) is 0. The highest BCUT2D eigenvalue weighted by atomic mass is 16.5. The maximum atomic E-state index is 12.1. The summed E-state index contributed by atoms with van der Waals surface area (Å²) in [6.07, 6.45) is 0.880. The van der Waals surface area contributed by atoms with Crippen LogP contribution in [0.1, 0.15) is 34.1 Å². The van der Waals surface area contributed by atoms with Gasteiger partial charge in [0.1, 0.15) is 0 Å². The van der Waals surface area contributed by atoms with Crippen LogP contribution in [0.2, 0.25) is 0 Å². The summed E-state index contributed by atoms with van der Waals surface area (Å²) in [6.45, 7) is 10.4. The number of nitrogens with zero attached hydrogens (tertiary/aromatic N) is 1. The lowest BCUT2D eigenvalue weighted by atomic mass is 10.0. The fourth-order valence-electron chi connectivity index (χ4n) is 1.91. The zero-order chi connectivity index (χ0) is 10.8. The molecule has 3 heteroatoms. The molecule has 1 amide bonds. The van der Waals surface area contributed by atoms with Gasteiger partial charge in [-0.05, 0) is 34.1 Å². The summed E-state index contributed by atoms with van der Waals surface area (Å²) in [4.78, 5) is 14.0. The molecule has 0 N–H and O–H groups in total. The lowest BCUT2D eigenvalue weighted by Crippen LogP contribution is -2.48. The molecule has 14 heavy (non-hydrogen) atoms. The van der Waals surface area contributed by atoms with E-state index in [0.717, 1.165) is 19.6 Å². The third kappa shape index (κ3) is 2.47. The number of ether oxygens (including phenoxy) is 1. The second kappa shape index (κ2) is 4.30. The van der Waals surface area contributed by atoms with Crippen LogP contribution in [0.4, 0.5) is 0 Å². The molecule has 1 aliphatic heterocycles. The van der Waals surface area contributed by atoms with Gasteiger partial charge in [-0.1, -0.05) is 0 Å². The predicted molar refractivity (Wildman–Crippen MR) is 56.1 cm³/mol. The molecule has 0 radical (unpaired) electrons. The van der Waals surface area contributed by atoms with Crippen molar-refractivity contribution in [3.05, 3.63) is 0 Å². The minimum Gasteiger partial charge on any atom is -0.381 e. The molecular formula is C11H21NO2. The van der Waals surface area contributed by atoms with Gasteiger partial charge in [-0.25, -0.2) is 0 Å². The Morgan fingerprint density at radius 2 is 2.14 bits per heavy atom. The number of hydrogen-bond acceptors (Lipinski definition) is 2. The van der Waals surface area contributed by atoms with Crippen LogP contribution in [-0.4, -0.2) is 36.1 Å². The molecular weight excluding hydrogens is 178 g/mol. The molecule has 1 saturated heterocycles. The molecule has 1 aliphatic rings. The van der Waals surface area contributed by atoms with Crippen LogP contribution in [0.25, 0.3) is 0 Å². The first kappa shape index (κ1) is 11.5. The molecule has 0 aromatic carbocycles. The second-order valence-electron chi connectivity index (χ2n) is 4.81. The van der Waals surface area contributed by atoms with E-state index >= 15 is 0 Å². The molecule has 3 nitrogen and oxygen atoms in total. The van der Waals surface area contributed by atoms with Crippen LogP contribution in [-0.2, 0) is 9.53 Å². The first-order chi connectivity index (χ1) is 6.46. The number of carbonyl (C=O) groups is 1. The van der Waals surface area contributed by atoms with E-state index in [4.69, 9.17) is 4.74 Å². The first-order valence-corrected chi connectivity index (χ1v) is 5.36. The number of rotatable bonds is 2. The molecule has 1 fully saturated rings. The zero-order valence-electron chi connectivity index (χ0n) is 9.67. The van der Waals surface area contributed by atoms with Gasteiger partial charge in [0, 0.05) is 18.7 Å². The fourth-order valence-corrected chi connectivity index (χ4v) is 1.91. The van der Waals surface area contributed by atoms with E-state index < -0.39 is 0 Å². The topological polar surface area (TPSA) is 29.5 Å². The van der Waals surface area contributed by atoms with E-state index in [-0.39, 0.29) is 17.4 Å². The highest BCUT2D eigenvalue weighted by Crippen LogP contribution is 2.21. The van der Waals surface area contributed by atoms with E-state index in [0.29, 0.717) is 6.61 Å². The summed E-state index contributed by atoms with van der Waals surface area (Å²) in [5, 5.41) is 0. The zero-order valence-corrected chi connectivity index (χ0v) is 9.67. The van der Waals surface area contributed by atoms with Gasteiger partial charge in [-0.2, -0.15) is 0 Å². The summed E-state index contributed by atoms with van der Waals surface area (Å²) >= 11 is 0. The van der Waals surface area contributed by atoms with Crippen molar-refractivity contribution in [1.82, 2.24) is 4.90 Å². The lowest BCUT2D eigenvalue weighted by molar-refractivity contribution is -0.140. The van der Waals surface area contributed by atoms with Gasteiger partial charge in [0.25, 0.3) is 0 Å². The maximum absolute atomic E-state index is 12.1. The third-order valence-electron chi connectivity index (χ3n) is 2.67. The van der Waals surface area contributed by atoms with E-state index in [1.165, 1.54) is 0 Å². The van der Waals surface area contributed by atoms with Gasteiger partial charge >= 0.3 is 0 Å². The average molecular weight is 199 g/mol. The smallest absolute Gasteiger partial charge is 0.228 e. The Morgan fingerprint density at radius 1 is 1.50 bits per heavy atom. The van der Waals surface area contributed by atoms with Gasteiger partial charge in [0.2, 0.25) is 5.91 Å². The minimum absolute atomic E-state index is 0.0750. The van der Waals surface area contributed by atoms with Crippen LogP contribution < -0.4 is 0 Å². The van der Waals surface area contributed by atoms with Crippen LogP contribution >= 0.6 is 0 Å². The molecule has 1 rings (SSSR count). The van der Waals surface area contributed by atoms with E-state index in [9.17, 15) is 4.79 Å². The Balaban J connectivity index is 2.64. The standard InChI is InChI=1S/C11H21NO2/c1-5-12(11(2,3)4)10(13)9-6-7-14-8-9/h9H,5-8H2,1-4H3. The minimum atomic E-state index is -0.0750. The van der Waals surface area contributed by atoms with Gasteiger partial charge in [0.15, 0.2) is 0 Å². The molecule has 0 aromatic rings. The Labute approximate surface area is 86.4 Å². The first-order valence-electron chi connectivity index (χ1n) is 5.36. The van der Waals surface area contributed by atoms with Crippen molar-refractivity contribution >= 4 is 5.91 Å². The average Bonchev–Trinajstić information content (AvgIpc) is 2.53. The molecule has 82 valence electrons. The van der Waals surface area contributed by atoms with Crippen molar-refractivity contribution in [3.8, 4) is 0 Å². The number of amides is 1. The maximum Gasteiger partial charge on any atom is 0.228 e. The quantitative estimate of drug-likeness (QED) is 0.677. The monoisotopic (exact) mass is 199 g/mol. The Bertz CT molecular complexity index is 202. The third-order valence-corrected chi connectivity index (χ3v) is 2.67. The van der Waals surface area contributed by atoms with Crippen molar-refractivity contribution in [2.24, 2.45) is 5.92 Å². The SMILES string of the molecule is CCN(C(=O)C1CCOC1)C(C)(C)C. The summed E-state index contributed by atoms with van der Waals surface area (Å²) in [5.74, 6) is 0.340. The van der Waals surface area contributed by atoms with Gasteiger partial charge in [-0.15, -0.1) is 0 Å².